The van der Waals surface area contributed by atoms with Gasteiger partial charge in [0.05, 0.1) is 18.1 Å². The van der Waals surface area contributed by atoms with Crippen LogP contribution in [0.25, 0.3) is 6.08 Å². The zero-order valence-electron chi connectivity index (χ0n) is 19.0. The Bertz CT molecular complexity index is 1170. The predicted octanol–water partition coefficient (Wildman–Crippen LogP) is 4.36. The van der Waals surface area contributed by atoms with E-state index in [1.165, 1.54) is 6.08 Å². The third-order valence-corrected chi connectivity index (χ3v) is 5.64. The first-order valence-electron chi connectivity index (χ1n) is 10.7. The molecule has 9 nitrogen and oxygen atoms in total. The lowest BCUT2D eigenvalue weighted by atomic mass is 10.2. The number of anilines is 1. The van der Waals surface area contributed by atoms with Gasteiger partial charge in [0.25, 0.3) is 11.1 Å². The minimum Gasteiger partial charge on any atom is -0.490 e. The minimum absolute atomic E-state index is 0.160. The molecule has 0 aromatic heterocycles. The first-order chi connectivity index (χ1) is 16.8. The van der Waals surface area contributed by atoms with E-state index in [0.717, 1.165) is 16.7 Å². The van der Waals surface area contributed by atoms with E-state index in [2.05, 4.69) is 5.32 Å². The molecule has 2 aromatic rings. The number of benzene rings is 2. The summed E-state index contributed by atoms with van der Waals surface area (Å²) in [4.78, 5) is 50.1. The molecule has 1 N–H and O–H groups in total. The van der Waals surface area contributed by atoms with Gasteiger partial charge in [0.2, 0.25) is 5.91 Å². The second-order valence-electron chi connectivity index (χ2n) is 7.06. The van der Waals surface area contributed by atoms with Crippen LogP contribution in [0.1, 0.15) is 19.4 Å². The molecule has 1 aliphatic heterocycles. The highest BCUT2D eigenvalue weighted by Gasteiger charge is 2.36. The molecule has 35 heavy (non-hydrogen) atoms. The molecule has 184 valence electrons. The van der Waals surface area contributed by atoms with Crippen molar-refractivity contribution in [3.05, 3.63) is 58.0 Å². The molecule has 11 heteroatoms. The number of nitrogens with zero attached hydrogens (tertiary/aromatic N) is 1. The van der Waals surface area contributed by atoms with Gasteiger partial charge in [-0.15, -0.1) is 0 Å². The molecule has 1 aliphatic rings. The van der Waals surface area contributed by atoms with E-state index < -0.39 is 29.6 Å². The molecule has 3 rings (SSSR count). The molecule has 0 spiro atoms. The number of imide groups is 1. The number of carbonyl (C=O) groups is 4. The van der Waals surface area contributed by atoms with Crippen LogP contribution in [0.4, 0.5) is 10.5 Å². The van der Waals surface area contributed by atoms with Gasteiger partial charge in [-0.3, -0.25) is 19.3 Å². The Labute approximate surface area is 211 Å². The summed E-state index contributed by atoms with van der Waals surface area (Å²) in [5, 5.41) is 2.50. The highest BCUT2D eigenvalue weighted by molar-refractivity contribution is 8.18. The molecule has 0 atom stereocenters. The SMILES string of the molecule is CCOC(=O)COc1ccc(/C=C2\SC(=O)N(CC(=O)Nc3cccc(Cl)c3)C2=O)cc1OCC. The maximum absolute atomic E-state index is 12.8. The summed E-state index contributed by atoms with van der Waals surface area (Å²) < 4.78 is 15.9. The van der Waals surface area contributed by atoms with E-state index in [1.807, 2.05) is 0 Å². The van der Waals surface area contributed by atoms with E-state index in [9.17, 15) is 19.2 Å². The number of ether oxygens (including phenoxy) is 3. The molecule has 0 saturated carbocycles. The number of carbonyl (C=O) groups excluding carboxylic acids is 4. The quantitative estimate of drug-likeness (QED) is 0.365. The van der Waals surface area contributed by atoms with Crippen LogP contribution in [-0.4, -0.2) is 54.3 Å². The van der Waals surface area contributed by atoms with Gasteiger partial charge < -0.3 is 19.5 Å². The second-order valence-corrected chi connectivity index (χ2v) is 8.49. The van der Waals surface area contributed by atoms with Crippen molar-refractivity contribution in [3.63, 3.8) is 0 Å². The van der Waals surface area contributed by atoms with E-state index in [0.29, 0.717) is 34.4 Å². The fourth-order valence-corrected chi connectivity index (χ4v) is 4.07. The lowest BCUT2D eigenvalue weighted by Crippen LogP contribution is -2.36. The molecular weight excluding hydrogens is 496 g/mol. The van der Waals surface area contributed by atoms with E-state index in [1.54, 1.807) is 56.3 Å². The van der Waals surface area contributed by atoms with E-state index >= 15 is 0 Å². The van der Waals surface area contributed by atoms with Gasteiger partial charge in [-0.05, 0) is 67.6 Å². The van der Waals surface area contributed by atoms with Crippen molar-refractivity contribution in [2.75, 3.05) is 31.7 Å². The molecule has 0 aliphatic carbocycles. The van der Waals surface area contributed by atoms with Crippen molar-refractivity contribution in [2.24, 2.45) is 0 Å². The Kier molecular flexibility index (Phi) is 9.16. The first kappa shape index (κ1) is 26.1. The summed E-state index contributed by atoms with van der Waals surface area (Å²) in [5.74, 6) is -0.917. The molecule has 3 amide bonds. The standard InChI is InChI=1S/C24H23ClN2O7S/c1-3-32-19-10-15(8-9-18(19)34-14-22(29)33-4-2)11-20-23(30)27(24(31)35-20)13-21(28)26-17-7-5-6-16(25)12-17/h5-12H,3-4,13-14H2,1-2H3,(H,26,28)/b20-11-. The molecule has 0 bridgehead atoms. The smallest absolute Gasteiger partial charge is 0.344 e. The monoisotopic (exact) mass is 518 g/mol. The van der Waals surface area contributed by atoms with E-state index in [4.69, 9.17) is 25.8 Å². The number of esters is 1. The number of nitrogens with one attached hydrogen (secondary N) is 1. The van der Waals surface area contributed by atoms with Gasteiger partial charge in [0.15, 0.2) is 18.1 Å². The molecule has 0 radical (unpaired) electrons. The Morgan fingerprint density at radius 1 is 1.06 bits per heavy atom. The lowest BCUT2D eigenvalue weighted by Gasteiger charge is -2.13. The normalized spacial score (nSPS) is 14.3. The fourth-order valence-electron chi connectivity index (χ4n) is 3.04. The fraction of sp³-hybridized carbons (Fsp3) is 0.250. The summed E-state index contributed by atoms with van der Waals surface area (Å²) in [6.07, 6.45) is 1.53. The third-order valence-electron chi connectivity index (χ3n) is 4.50. The van der Waals surface area contributed by atoms with Crippen molar-refractivity contribution in [1.29, 1.82) is 0 Å². The van der Waals surface area contributed by atoms with Crippen molar-refractivity contribution in [1.82, 2.24) is 4.90 Å². The maximum Gasteiger partial charge on any atom is 0.344 e. The molecule has 1 fully saturated rings. The summed E-state index contributed by atoms with van der Waals surface area (Å²) in [7, 11) is 0. The van der Waals surface area contributed by atoms with Crippen LogP contribution >= 0.6 is 23.4 Å². The number of rotatable bonds is 10. The van der Waals surface area contributed by atoms with Crippen molar-refractivity contribution in [2.45, 2.75) is 13.8 Å². The number of hydrogen-bond donors (Lipinski definition) is 1. The van der Waals surface area contributed by atoms with Gasteiger partial charge in [-0.25, -0.2) is 4.79 Å². The summed E-state index contributed by atoms with van der Waals surface area (Å²) in [6, 6.07) is 11.4. The summed E-state index contributed by atoms with van der Waals surface area (Å²) in [5.41, 5.74) is 1.03. The van der Waals surface area contributed by atoms with Crippen LogP contribution in [0, 0.1) is 0 Å². The maximum atomic E-state index is 12.8. The largest absolute Gasteiger partial charge is 0.490 e. The van der Waals surface area contributed by atoms with Crippen molar-refractivity contribution < 1.29 is 33.4 Å². The van der Waals surface area contributed by atoms with Crippen LogP contribution in [0.15, 0.2) is 47.4 Å². The van der Waals surface area contributed by atoms with Crippen LogP contribution < -0.4 is 14.8 Å². The van der Waals surface area contributed by atoms with Gasteiger partial charge in [-0.1, -0.05) is 23.7 Å². The van der Waals surface area contributed by atoms with Crippen LogP contribution in [0.2, 0.25) is 5.02 Å². The van der Waals surface area contributed by atoms with E-state index in [-0.39, 0.29) is 18.1 Å². The molecule has 0 unspecified atom stereocenters. The minimum atomic E-state index is -0.582. The Balaban J connectivity index is 1.70. The number of halogens is 1. The van der Waals surface area contributed by atoms with Crippen molar-refractivity contribution in [3.8, 4) is 11.5 Å². The van der Waals surface area contributed by atoms with Gasteiger partial charge >= 0.3 is 5.97 Å². The first-order valence-corrected chi connectivity index (χ1v) is 11.9. The zero-order valence-corrected chi connectivity index (χ0v) is 20.6. The Hall–Kier alpha value is -3.50. The zero-order chi connectivity index (χ0) is 25.4. The van der Waals surface area contributed by atoms with Crippen LogP contribution in [0.3, 0.4) is 0 Å². The van der Waals surface area contributed by atoms with Gasteiger partial charge in [0.1, 0.15) is 6.54 Å². The lowest BCUT2D eigenvalue weighted by molar-refractivity contribution is -0.145. The summed E-state index contributed by atoms with van der Waals surface area (Å²) in [6.45, 7) is 3.38. The Morgan fingerprint density at radius 3 is 2.57 bits per heavy atom. The third kappa shape index (κ3) is 7.24. The molecule has 1 heterocycles. The molecule has 2 aromatic carbocycles. The highest BCUT2D eigenvalue weighted by atomic mass is 35.5. The second kappa shape index (κ2) is 12.3. The van der Waals surface area contributed by atoms with Crippen LogP contribution in [-0.2, 0) is 19.1 Å². The number of amides is 3. The highest BCUT2D eigenvalue weighted by Crippen LogP contribution is 2.34. The average Bonchev–Trinajstić information content (AvgIpc) is 3.06. The van der Waals surface area contributed by atoms with Crippen LogP contribution in [0.5, 0.6) is 11.5 Å². The molecule has 1 saturated heterocycles. The van der Waals surface area contributed by atoms with Gasteiger partial charge in [-0.2, -0.15) is 0 Å². The number of thioether (sulfide) groups is 1. The van der Waals surface area contributed by atoms with Crippen molar-refractivity contribution >= 4 is 58.1 Å². The molecular formula is C24H23ClN2O7S. The average molecular weight is 519 g/mol. The Morgan fingerprint density at radius 2 is 1.86 bits per heavy atom. The summed E-state index contributed by atoms with van der Waals surface area (Å²) >= 11 is 6.64. The topological polar surface area (TPSA) is 111 Å². The number of hydrogen-bond acceptors (Lipinski definition) is 8. The predicted molar refractivity (Wildman–Crippen MR) is 132 cm³/mol. The van der Waals surface area contributed by atoms with Gasteiger partial charge in [0, 0.05) is 10.7 Å².